The Morgan fingerprint density at radius 3 is 3.24 bits per heavy atom. The molecule has 0 fully saturated rings. The second-order valence-electron chi connectivity index (χ2n) is 5.33. The zero-order valence-corrected chi connectivity index (χ0v) is 11.4. The van der Waals surface area contributed by atoms with Gasteiger partial charge in [-0.1, -0.05) is 12.1 Å². The maximum atomic E-state index is 12.4. The Hall–Kier alpha value is -2.63. The molecule has 3 heterocycles. The molecule has 1 aliphatic rings. The second kappa shape index (κ2) is 4.73. The van der Waals surface area contributed by atoms with E-state index in [9.17, 15) is 4.79 Å². The average molecular weight is 281 g/mol. The van der Waals surface area contributed by atoms with Gasteiger partial charge in [-0.3, -0.25) is 9.89 Å². The fourth-order valence-electron chi connectivity index (χ4n) is 2.85. The van der Waals surface area contributed by atoms with Crippen molar-refractivity contribution in [3.63, 3.8) is 0 Å². The third kappa shape index (κ3) is 2.08. The largest absolute Gasteiger partial charge is 0.335 e. The van der Waals surface area contributed by atoms with Crippen LogP contribution in [0.3, 0.4) is 0 Å². The number of hydrogen-bond acceptors (Lipinski definition) is 3. The van der Waals surface area contributed by atoms with Gasteiger partial charge in [0.2, 0.25) is 5.91 Å². The van der Waals surface area contributed by atoms with E-state index in [0.717, 1.165) is 29.7 Å². The second-order valence-corrected chi connectivity index (χ2v) is 5.33. The van der Waals surface area contributed by atoms with Crippen molar-refractivity contribution >= 4 is 22.6 Å². The normalized spacial score (nSPS) is 17.6. The minimum atomic E-state index is -0.0460. The van der Waals surface area contributed by atoms with Crippen LogP contribution in [0.5, 0.6) is 0 Å². The molecular formula is C15H15N5O. The maximum Gasteiger partial charge on any atom is 0.229 e. The van der Waals surface area contributed by atoms with Crippen LogP contribution in [0.4, 0.5) is 5.82 Å². The lowest BCUT2D eigenvalue weighted by Crippen LogP contribution is -2.30. The first-order chi connectivity index (χ1) is 10.3. The number of H-pyrrole nitrogens is 1. The molecule has 6 heteroatoms. The number of carbonyl (C=O) groups excluding carboxylic acids is 1. The van der Waals surface area contributed by atoms with Crippen molar-refractivity contribution in [1.29, 1.82) is 0 Å². The van der Waals surface area contributed by atoms with Crippen LogP contribution < -0.4 is 5.32 Å². The van der Waals surface area contributed by atoms with Crippen LogP contribution in [-0.2, 0) is 17.8 Å². The van der Waals surface area contributed by atoms with E-state index in [1.54, 1.807) is 6.20 Å². The van der Waals surface area contributed by atoms with Crippen molar-refractivity contribution in [3.8, 4) is 0 Å². The Labute approximate surface area is 121 Å². The topological polar surface area (TPSA) is 75.6 Å². The van der Waals surface area contributed by atoms with Gasteiger partial charge in [-0.2, -0.15) is 5.10 Å². The molecule has 0 aliphatic carbocycles. The quantitative estimate of drug-likeness (QED) is 0.754. The fraction of sp³-hybridized carbons (Fsp3) is 0.267. The first-order valence-corrected chi connectivity index (χ1v) is 7.05. The zero-order valence-electron chi connectivity index (χ0n) is 11.4. The van der Waals surface area contributed by atoms with Crippen molar-refractivity contribution in [3.05, 3.63) is 42.5 Å². The average Bonchev–Trinajstić information content (AvgIpc) is 3.13. The number of fused-ring (bicyclic) bond motifs is 2. The zero-order chi connectivity index (χ0) is 14.2. The highest BCUT2D eigenvalue weighted by atomic mass is 16.2. The molecule has 1 unspecified atom stereocenters. The van der Waals surface area contributed by atoms with E-state index in [1.165, 1.54) is 0 Å². The highest BCUT2D eigenvalue weighted by Crippen LogP contribution is 2.23. The van der Waals surface area contributed by atoms with Crippen molar-refractivity contribution < 1.29 is 4.79 Å². The fourth-order valence-corrected chi connectivity index (χ4v) is 2.85. The Bertz CT molecular complexity index is 803. The summed E-state index contributed by atoms with van der Waals surface area (Å²) < 4.78 is 2.10. The summed E-state index contributed by atoms with van der Waals surface area (Å²) in [7, 11) is 0. The molecule has 0 spiro atoms. The molecule has 0 saturated carbocycles. The van der Waals surface area contributed by atoms with Gasteiger partial charge in [-0.15, -0.1) is 0 Å². The van der Waals surface area contributed by atoms with Crippen LogP contribution in [0.1, 0.15) is 12.2 Å². The van der Waals surface area contributed by atoms with Crippen LogP contribution >= 0.6 is 0 Å². The molecule has 2 aromatic heterocycles. The molecule has 1 aliphatic heterocycles. The number of aromatic nitrogens is 4. The third-order valence-electron chi connectivity index (χ3n) is 4.03. The van der Waals surface area contributed by atoms with Crippen LogP contribution in [0.15, 0.2) is 36.7 Å². The summed E-state index contributed by atoms with van der Waals surface area (Å²) in [6.45, 7) is 0.842. The van der Waals surface area contributed by atoms with E-state index in [-0.39, 0.29) is 11.8 Å². The van der Waals surface area contributed by atoms with E-state index < -0.39 is 0 Å². The molecule has 1 aromatic carbocycles. The molecule has 4 rings (SSSR count). The Kier molecular flexibility index (Phi) is 2.73. The lowest BCUT2D eigenvalue weighted by Gasteiger charge is -2.22. The smallest absolute Gasteiger partial charge is 0.229 e. The van der Waals surface area contributed by atoms with Gasteiger partial charge in [0.05, 0.1) is 5.52 Å². The summed E-state index contributed by atoms with van der Waals surface area (Å²) in [6, 6.07) is 7.76. The molecule has 21 heavy (non-hydrogen) atoms. The molecule has 3 aromatic rings. The van der Waals surface area contributed by atoms with E-state index in [2.05, 4.69) is 25.1 Å². The predicted octanol–water partition coefficient (Wildman–Crippen LogP) is 1.96. The van der Waals surface area contributed by atoms with E-state index >= 15 is 0 Å². The van der Waals surface area contributed by atoms with Crippen molar-refractivity contribution in [2.24, 2.45) is 5.92 Å². The number of anilines is 1. The highest BCUT2D eigenvalue weighted by Gasteiger charge is 2.26. The van der Waals surface area contributed by atoms with E-state index in [0.29, 0.717) is 12.2 Å². The molecule has 1 amide bonds. The summed E-state index contributed by atoms with van der Waals surface area (Å²) >= 11 is 0. The monoisotopic (exact) mass is 281 g/mol. The number of aryl methyl sites for hydroxylation is 1. The molecule has 2 N–H and O–H groups in total. The first kappa shape index (κ1) is 12.1. The maximum absolute atomic E-state index is 12.4. The Balaban J connectivity index is 1.54. The number of rotatable bonds is 2. The molecule has 0 saturated heterocycles. The number of para-hydroxylation sites is 1. The minimum absolute atomic E-state index is 0.0153. The van der Waals surface area contributed by atoms with Gasteiger partial charge < -0.3 is 9.88 Å². The summed E-state index contributed by atoms with van der Waals surface area (Å²) in [6.07, 6.45) is 5.26. The number of benzene rings is 1. The Morgan fingerprint density at radius 1 is 1.38 bits per heavy atom. The molecule has 106 valence electrons. The lowest BCUT2D eigenvalue weighted by atomic mass is 9.97. The number of carbonyl (C=O) groups is 1. The van der Waals surface area contributed by atoms with Crippen LogP contribution in [0.25, 0.3) is 10.9 Å². The van der Waals surface area contributed by atoms with Crippen LogP contribution in [0.2, 0.25) is 0 Å². The van der Waals surface area contributed by atoms with E-state index in [4.69, 9.17) is 0 Å². The molecular weight excluding hydrogens is 266 g/mol. The molecule has 1 atom stereocenters. The number of amides is 1. The van der Waals surface area contributed by atoms with Gasteiger partial charge >= 0.3 is 0 Å². The molecule has 0 radical (unpaired) electrons. The number of imidazole rings is 1. The summed E-state index contributed by atoms with van der Waals surface area (Å²) in [4.78, 5) is 16.7. The lowest BCUT2D eigenvalue weighted by molar-refractivity contribution is -0.120. The molecule has 6 nitrogen and oxygen atoms in total. The van der Waals surface area contributed by atoms with Crippen molar-refractivity contribution in [2.45, 2.75) is 19.4 Å². The SMILES string of the molecule is O=C(Nc1n[nH]c2ccccc12)C1CCn2ccnc2C1. The summed E-state index contributed by atoms with van der Waals surface area (Å²) in [5.41, 5.74) is 0.923. The van der Waals surface area contributed by atoms with Crippen LogP contribution in [-0.4, -0.2) is 25.7 Å². The third-order valence-corrected chi connectivity index (χ3v) is 4.03. The van der Waals surface area contributed by atoms with E-state index in [1.807, 2.05) is 30.5 Å². The van der Waals surface area contributed by atoms with Gasteiger partial charge in [-0.05, 0) is 18.6 Å². The number of aromatic amines is 1. The standard InChI is InChI=1S/C15H15N5O/c21-15(10-5-7-20-8-6-16-13(20)9-10)17-14-11-3-1-2-4-12(11)18-19-14/h1-4,6,8,10H,5,7,9H2,(H2,17,18,19,21). The summed E-state index contributed by atoms with van der Waals surface area (Å²) in [5.74, 6) is 1.55. The minimum Gasteiger partial charge on any atom is -0.335 e. The van der Waals surface area contributed by atoms with Gasteiger partial charge in [0.25, 0.3) is 0 Å². The number of nitrogens with one attached hydrogen (secondary N) is 2. The van der Waals surface area contributed by atoms with Crippen LogP contribution in [0, 0.1) is 5.92 Å². The van der Waals surface area contributed by atoms with Crippen molar-refractivity contribution in [1.82, 2.24) is 19.7 Å². The number of hydrogen-bond donors (Lipinski definition) is 2. The van der Waals surface area contributed by atoms with Gasteiger partial charge in [-0.25, -0.2) is 4.98 Å². The first-order valence-electron chi connectivity index (χ1n) is 7.05. The summed E-state index contributed by atoms with van der Waals surface area (Å²) in [5, 5.41) is 11.0. The van der Waals surface area contributed by atoms with Crippen molar-refractivity contribution in [2.75, 3.05) is 5.32 Å². The predicted molar refractivity (Wildman–Crippen MR) is 78.8 cm³/mol. The highest BCUT2D eigenvalue weighted by molar-refractivity contribution is 6.00. The van der Waals surface area contributed by atoms with Gasteiger partial charge in [0, 0.05) is 36.7 Å². The Morgan fingerprint density at radius 2 is 2.29 bits per heavy atom. The van der Waals surface area contributed by atoms with Gasteiger partial charge in [0.15, 0.2) is 5.82 Å². The molecule has 0 bridgehead atoms. The number of nitrogens with zero attached hydrogens (tertiary/aromatic N) is 3. The van der Waals surface area contributed by atoms with Gasteiger partial charge in [0.1, 0.15) is 5.82 Å².